The number of benzene rings is 3. The van der Waals surface area contributed by atoms with Gasteiger partial charge in [0.25, 0.3) is 5.78 Å². The van der Waals surface area contributed by atoms with E-state index in [1.807, 2.05) is 0 Å². The number of ketones is 1. The highest BCUT2D eigenvalue weighted by Crippen LogP contribution is 2.44. The summed E-state index contributed by atoms with van der Waals surface area (Å²) in [6.07, 6.45) is 1.86. The Balaban J connectivity index is 1.64. The molecule has 0 aliphatic carbocycles. The van der Waals surface area contributed by atoms with Crippen molar-refractivity contribution in [1.82, 2.24) is 4.98 Å². The van der Waals surface area contributed by atoms with Gasteiger partial charge in [-0.3, -0.25) is 14.5 Å². The number of anilines is 1. The van der Waals surface area contributed by atoms with Gasteiger partial charge in [0, 0.05) is 5.56 Å². The second-order valence-electron chi connectivity index (χ2n) is 8.78. The summed E-state index contributed by atoms with van der Waals surface area (Å²) in [5, 5.41) is 11.6. The summed E-state index contributed by atoms with van der Waals surface area (Å²) in [7, 11) is 1.54. The zero-order valence-corrected chi connectivity index (χ0v) is 21.6. The van der Waals surface area contributed by atoms with Crippen molar-refractivity contribution in [2.75, 3.05) is 18.6 Å². The van der Waals surface area contributed by atoms with Crippen LogP contribution in [0, 0.1) is 5.82 Å². The first-order chi connectivity index (χ1) is 18.4. The summed E-state index contributed by atoms with van der Waals surface area (Å²) < 4.78 is 25.4. The Labute approximate surface area is 222 Å². The number of Topliss-reactive ketones (excluding diaryl/α,β-unsaturated/α-hetero) is 1. The normalized spacial score (nSPS) is 16.8. The van der Waals surface area contributed by atoms with Gasteiger partial charge in [-0.05, 0) is 54.4 Å². The van der Waals surface area contributed by atoms with Crippen LogP contribution in [-0.4, -0.2) is 35.5 Å². The largest absolute Gasteiger partial charge is 0.507 e. The van der Waals surface area contributed by atoms with Crippen molar-refractivity contribution in [3.05, 3.63) is 89.2 Å². The number of aliphatic hydroxyl groups is 1. The van der Waals surface area contributed by atoms with Crippen LogP contribution in [-0.2, 0) is 9.59 Å². The number of carbonyl (C=O) groups is 2. The molecule has 194 valence electrons. The summed E-state index contributed by atoms with van der Waals surface area (Å²) in [6, 6.07) is 16.9. The molecule has 5 rings (SSSR count). The zero-order valence-electron chi connectivity index (χ0n) is 20.8. The highest BCUT2D eigenvalue weighted by Gasteiger charge is 2.48. The number of aromatic nitrogens is 1. The Morgan fingerprint density at radius 2 is 1.87 bits per heavy atom. The van der Waals surface area contributed by atoms with E-state index in [1.54, 1.807) is 48.5 Å². The molecule has 0 bridgehead atoms. The van der Waals surface area contributed by atoms with Gasteiger partial charge in [0.1, 0.15) is 23.1 Å². The first-order valence-electron chi connectivity index (χ1n) is 12.2. The number of halogens is 1. The fourth-order valence-electron chi connectivity index (χ4n) is 4.34. The highest BCUT2D eigenvalue weighted by molar-refractivity contribution is 7.22. The zero-order chi connectivity index (χ0) is 26.8. The number of hydrogen-bond donors (Lipinski definition) is 1. The minimum atomic E-state index is -0.962. The van der Waals surface area contributed by atoms with Crippen LogP contribution in [0.3, 0.4) is 0 Å². The van der Waals surface area contributed by atoms with Gasteiger partial charge >= 0.3 is 5.91 Å². The standard InChI is InChI=1S/C29H25FN2O5S/c1-3-4-14-37-21-7-5-6-18(15-21)26(33)24-25(17-8-11-20(36-2)12-9-17)32(28(35)27(24)34)29-31-22-13-10-19(30)16-23(22)38-29/h5-13,15-16,25,33H,3-4,14H2,1-2H3. The second kappa shape index (κ2) is 10.6. The topological polar surface area (TPSA) is 89.0 Å². The van der Waals surface area contributed by atoms with Gasteiger partial charge in [-0.25, -0.2) is 9.37 Å². The molecule has 1 aliphatic heterocycles. The minimum Gasteiger partial charge on any atom is -0.507 e. The number of thiazole rings is 1. The number of aliphatic hydroxyl groups excluding tert-OH is 1. The molecule has 1 atom stereocenters. The maximum Gasteiger partial charge on any atom is 0.301 e. The third-order valence-electron chi connectivity index (χ3n) is 6.30. The first-order valence-corrected chi connectivity index (χ1v) is 13.0. The molecule has 9 heteroatoms. The van der Waals surface area contributed by atoms with E-state index in [9.17, 15) is 19.1 Å². The molecule has 2 heterocycles. The van der Waals surface area contributed by atoms with Crippen LogP contribution < -0.4 is 14.4 Å². The van der Waals surface area contributed by atoms with Gasteiger partial charge < -0.3 is 14.6 Å². The van der Waals surface area contributed by atoms with Gasteiger partial charge in [-0.1, -0.05) is 48.9 Å². The van der Waals surface area contributed by atoms with Crippen molar-refractivity contribution in [2.45, 2.75) is 25.8 Å². The maximum atomic E-state index is 13.8. The molecule has 3 aromatic carbocycles. The Hall–Kier alpha value is -4.24. The molecular weight excluding hydrogens is 507 g/mol. The summed E-state index contributed by atoms with van der Waals surface area (Å²) in [4.78, 5) is 32.6. The molecular formula is C29H25FN2O5S. The average Bonchev–Trinajstić information content (AvgIpc) is 3.46. The lowest BCUT2D eigenvalue weighted by atomic mass is 9.95. The number of amides is 1. The van der Waals surface area contributed by atoms with Crippen molar-refractivity contribution in [1.29, 1.82) is 0 Å². The number of fused-ring (bicyclic) bond motifs is 1. The van der Waals surface area contributed by atoms with Crippen LogP contribution in [0.4, 0.5) is 9.52 Å². The molecule has 0 saturated carbocycles. The lowest BCUT2D eigenvalue weighted by molar-refractivity contribution is -0.132. The first kappa shape index (κ1) is 25.4. The summed E-state index contributed by atoms with van der Waals surface area (Å²) in [6.45, 7) is 2.58. The smallest absolute Gasteiger partial charge is 0.301 e. The van der Waals surface area contributed by atoms with Crippen LogP contribution in [0.25, 0.3) is 16.0 Å². The predicted molar refractivity (Wildman–Crippen MR) is 144 cm³/mol. The monoisotopic (exact) mass is 532 g/mol. The molecule has 4 aromatic rings. The summed E-state index contributed by atoms with van der Waals surface area (Å²) in [5.74, 6) is -1.28. The van der Waals surface area contributed by atoms with Gasteiger partial charge in [-0.2, -0.15) is 0 Å². The minimum absolute atomic E-state index is 0.0729. The molecule has 1 unspecified atom stereocenters. The molecule has 0 radical (unpaired) electrons. The predicted octanol–water partition coefficient (Wildman–Crippen LogP) is 6.25. The Kier molecular flexibility index (Phi) is 7.11. The van der Waals surface area contributed by atoms with E-state index in [2.05, 4.69) is 11.9 Å². The van der Waals surface area contributed by atoms with Crippen LogP contribution in [0.1, 0.15) is 36.9 Å². The van der Waals surface area contributed by atoms with Crippen LogP contribution in [0.2, 0.25) is 0 Å². The number of ether oxygens (including phenoxy) is 2. The van der Waals surface area contributed by atoms with E-state index < -0.39 is 23.5 Å². The van der Waals surface area contributed by atoms with Gasteiger partial charge in [0.2, 0.25) is 0 Å². The third kappa shape index (κ3) is 4.72. The van der Waals surface area contributed by atoms with E-state index in [4.69, 9.17) is 9.47 Å². The van der Waals surface area contributed by atoms with Gasteiger partial charge in [0.15, 0.2) is 5.13 Å². The van der Waals surface area contributed by atoms with Crippen molar-refractivity contribution in [3.63, 3.8) is 0 Å². The molecule has 1 aromatic heterocycles. The molecule has 1 aliphatic rings. The SMILES string of the molecule is CCCCOc1cccc(C(O)=C2C(=O)C(=O)N(c3nc4ccc(F)cc4s3)C2c2ccc(OC)cc2)c1. The maximum absolute atomic E-state index is 13.8. The fourth-order valence-corrected chi connectivity index (χ4v) is 5.36. The Morgan fingerprint density at radius 3 is 2.61 bits per heavy atom. The molecule has 7 nitrogen and oxygen atoms in total. The van der Waals surface area contributed by atoms with Crippen molar-refractivity contribution in [2.24, 2.45) is 0 Å². The fraction of sp³-hybridized carbons (Fsp3) is 0.207. The third-order valence-corrected chi connectivity index (χ3v) is 7.31. The lowest BCUT2D eigenvalue weighted by Gasteiger charge is -2.23. The molecule has 1 amide bonds. The number of unbranched alkanes of at least 4 members (excludes halogenated alkanes) is 1. The number of nitrogens with zero attached hydrogens (tertiary/aromatic N) is 2. The van der Waals surface area contributed by atoms with Gasteiger partial charge in [0.05, 0.1) is 35.5 Å². The van der Waals surface area contributed by atoms with E-state index in [0.29, 0.717) is 39.4 Å². The summed E-state index contributed by atoms with van der Waals surface area (Å²) >= 11 is 1.10. The number of methoxy groups -OCH3 is 1. The molecule has 38 heavy (non-hydrogen) atoms. The molecule has 1 saturated heterocycles. The Morgan fingerprint density at radius 1 is 1.08 bits per heavy atom. The van der Waals surface area contributed by atoms with E-state index in [-0.39, 0.29) is 16.5 Å². The van der Waals surface area contributed by atoms with E-state index in [1.165, 1.54) is 30.2 Å². The Bertz CT molecular complexity index is 1550. The van der Waals surface area contributed by atoms with Crippen molar-refractivity contribution in [3.8, 4) is 11.5 Å². The van der Waals surface area contributed by atoms with E-state index in [0.717, 1.165) is 24.2 Å². The van der Waals surface area contributed by atoms with Gasteiger partial charge in [-0.15, -0.1) is 0 Å². The molecule has 1 fully saturated rings. The van der Waals surface area contributed by atoms with Crippen molar-refractivity contribution < 1.29 is 28.6 Å². The molecule has 1 N–H and O–H groups in total. The quantitative estimate of drug-likeness (QED) is 0.125. The van der Waals surface area contributed by atoms with Crippen LogP contribution >= 0.6 is 11.3 Å². The highest BCUT2D eigenvalue weighted by atomic mass is 32.1. The number of hydrogen-bond acceptors (Lipinski definition) is 7. The van der Waals surface area contributed by atoms with E-state index >= 15 is 0 Å². The van der Waals surface area contributed by atoms with Crippen LogP contribution in [0.5, 0.6) is 11.5 Å². The average molecular weight is 533 g/mol. The van der Waals surface area contributed by atoms with Crippen molar-refractivity contribution >= 4 is 44.1 Å². The number of carbonyl (C=O) groups excluding carboxylic acids is 2. The lowest BCUT2D eigenvalue weighted by Crippen LogP contribution is -2.29. The number of rotatable bonds is 8. The summed E-state index contributed by atoms with van der Waals surface area (Å²) in [5.41, 5.74) is 1.35. The van der Waals surface area contributed by atoms with Crippen LogP contribution in [0.15, 0.2) is 72.3 Å². The molecule has 0 spiro atoms. The second-order valence-corrected chi connectivity index (χ2v) is 9.79.